The molecule has 1 heteroatoms. The second kappa shape index (κ2) is 9.67. The van der Waals surface area contributed by atoms with Crippen LogP contribution in [0.2, 0.25) is 0 Å². The van der Waals surface area contributed by atoms with Gasteiger partial charge >= 0.3 is 0 Å². The second-order valence-corrected chi connectivity index (χ2v) is 6.76. The third kappa shape index (κ3) is 5.48. The van der Waals surface area contributed by atoms with Crippen molar-refractivity contribution in [3.8, 4) is 12.1 Å². The molecule has 0 unspecified atom stereocenters. The van der Waals surface area contributed by atoms with E-state index in [9.17, 15) is 4.39 Å². The molecular formula is C21H29F. The van der Waals surface area contributed by atoms with Gasteiger partial charge in [0.2, 0.25) is 0 Å². The van der Waals surface area contributed by atoms with Gasteiger partial charge in [0, 0.05) is 5.56 Å². The highest BCUT2D eigenvalue weighted by molar-refractivity contribution is 5.36. The van der Waals surface area contributed by atoms with Crippen LogP contribution in [-0.4, -0.2) is 0 Å². The number of hydrogen-bond acceptors (Lipinski definition) is 0. The van der Waals surface area contributed by atoms with Crippen LogP contribution in [0.15, 0.2) is 24.3 Å². The largest absolute Gasteiger partial charge is 0.144 e. The Morgan fingerprint density at radius 3 is 2.27 bits per heavy atom. The summed E-state index contributed by atoms with van der Waals surface area (Å²) in [4.78, 5) is 0. The van der Waals surface area contributed by atoms with Crippen LogP contribution in [0.4, 0.5) is 4.39 Å². The molecular weight excluding hydrogens is 271 g/mol. The van der Waals surface area contributed by atoms with Crippen molar-refractivity contribution in [2.24, 2.45) is 5.92 Å². The van der Waals surface area contributed by atoms with Gasteiger partial charge in [0.1, 0.15) is 6.17 Å². The maximum Gasteiger partial charge on any atom is 0.111 e. The lowest BCUT2D eigenvalue weighted by Gasteiger charge is -2.29. The molecule has 1 saturated carbocycles. The highest BCUT2D eigenvalue weighted by atomic mass is 19.1. The zero-order valence-electron chi connectivity index (χ0n) is 13.9. The lowest BCUT2D eigenvalue weighted by atomic mass is 9.77. The number of halogens is 1. The van der Waals surface area contributed by atoms with Crippen molar-refractivity contribution in [3.63, 3.8) is 0 Å². The lowest BCUT2D eigenvalue weighted by molar-refractivity contribution is 0.302. The molecule has 0 amide bonds. The molecule has 0 aliphatic heterocycles. The van der Waals surface area contributed by atoms with E-state index in [1.165, 1.54) is 75.9 Å². The molecule has 0 aromatic heterocycles. The minimum absolute atomic E-state index is 0.698. The Morgan fingerprint density at radius 1 is 0.955 bits per heavy atom. The van der Waals surface area contributed by atoms with Gasteiger partial charge in [-0.3, -0.25) is 0 Å². The van der Waals surface area contributed by atoms with Crippen LogP contribution in [0.3, 0.4) is 0 Å². The molecule has 1 fully saturated rings. The molecule has 0 radical (unpaired) electrons. The predicted octanol–water partition coefficient (Wildman–Crippen LogP) is 6.60. The summed E-state index contributed by atoms with van der Waals surface area (Å²) in [6.07, 6.45) is 15.3. The van der Waals surface area contributed by atoms with E-state index in [4.69, 9.17) is 0 Å². The quantitative estimate of drug-likeness (QED) is 0.393. The monoisotopic (exact) mass is 300 g/mol. The van der Waals surface area contributed by atoms with Gasteiger partial charge in [-0.2, -0.15) is 0 Å². The first-order valence-electron chi connectivity index (χ1n) is 9.05. The van der Waals surface area contributed by atoms with Gasteiger partial charge in [-0.25, -0.2) is 0 Å². The van der Waals surface area contributed by atoms with Gasteiger partial charge in [0.05, 0.1) is 0 Å². The van der Waals surface area contributed by atoms with Crippen LogP contribution < -0.4 is 0 Å². The van der Waals surface area contributed by atoms with Gasteiger partial charge in [0.15, 0.2) is 0 Å². The Kier molecular flexibility index (Phi) is 7.50. The number of benzene rings is 1. The zero-order chi connectivity index (χ0) is 15.6. The fourth-order valence-electron chi connectivity index (χ4n) is 3.71. The summed E-state index contributed by atoms with van der Waals surface area (Å²) in [6.45, 7) is 2.28. The molecule has 120 valence electrons. The van der Waals surface area contributed by atoms with Gasteiger partial charge in [-0.05, 0) is 61.1 Å². The Labute approximate surface area is 135 Å². The molecule has 0 N–H and O–H groups in total. The molecule has 0 atom stereocenters. The fourth-order valence-corrected chi connectivity index (χ4v) is 3.71. The van der Waals surface area contributed by atoms with Gasteiger partial charge in [-0.15, -0.1) is 4.39 Å². The van der Waals surface area contributed by atoms with Crippen LogP contribution in [0.5, 0.6) is 0 Å². The molecule has 1 aliphatic rings. The van der Waals surface area contributed by atoms with Gasteiger partial charge in [0.25, 0.3) is 0 Å². The van der Waals surface area contributed by atoms with Crippen molar-refractivity contribution < 1.29 is 4.39 Å². The Balaban J connectivity index is 1.71. The number of hydrogen-bond donors (Lipinski definition) is 0. The van der Waals surface area contributed by atoms with Crippen molar-refractivity contribution in [2.45, 2.75) is 77.0 Å². The molecule has 0 saturated heterocycles. The van der Waals surface area contributed by atoms with Crippen molar-refractivity contribution in [1.29, 1.82) is 0 Å². The minimum Gasteiger partial charge on any atom is -0.144 e. The first-order chi connectivity index (χ1) is 10.8. The smallest absolute Gasteiger partial charge is 0.111 e. The third-order valence-electron chi connectivity index (χ3n) is 5.14. The summed E-state index contributed by atoms with van der Waals surface area (Å²) < 4.78 is 12.0. The maximum atomic E-state index is 12.0. The molecule has 0 nitrogen and oxygen atoms in total. The van der Waals surface area contributed by atoms with E-state index in [2.05, 4.69) is 25.0 Å². The summed E-state index contributed by atoms with van der Waals surface area (Å²) >= 11 is 0. The average Bonchev–Trinajstić information content (AvgIpc) is 2.56. The highest BCUT2D eigenvalue weighted by Gasteiger charge is 2.21. The van der Waals surface area contributed by atoms with E-state index >= 15 is 0 Å². The van der Waals surface area contributed by atoms with Crippen LogP contribution in [0, 0.1) is 18.0 Å². The molecule has 0 heterocycles. The zero-order valence-corrected chi connectivity index (χ0v) is 13.9. The summed E-state index contributed by atoms with van der Waals surface area (Å²) in [6, 6.07) is 8.16. The first-order valence-corrected chi connectivity index (χ1v) is 9.05. The van der Waals surface area contributed by atoms with Crippen molar-refractivity contribution in [2.75, 3.05) is 0 Å². The van der Waals surface area contributed by atoms with E-state index in [1.807, 2.05) is 12.1 Å². The Hall–Kier alpha value is -1.29. The Bertz CT molecular complexity index is 469. The summed E-state index contributed by atoms with van der Waals surface area (Å²) in [7, 11) is 0. The molecule has 0 bridgehead atoms. The second-order valence-electron chi connectivity index (χ2n) is 6.76. The Morgan fingerprint density at radius 2 is 1.64 bits per heavy atom. The normalized spacial score (nSPS) is 21.2. The highest BCUT2D eigenvalue weighted by Crippen LogP contribution is 2.37. The lowest BCUT2D eigenvalue weighted by Crippen LogP contribution is -2.13. The van der Waals surface area contributed by atoms with E-state index in [1.54, 1.807) is 0 Å². The number of rotatable bonds is 7. The van der Waals surface area contributed by atoms with Crippen molar-refractivity contribution in [1.82, 2.24) is 0 Å². The van der Waals surface area contributed by atoms with Crippen LogP contribution in [0.1, 0.15) is 88.2 Å². The van der Waals surface area contributed by atoms with Gasteiger partial charge in [-0.1, -0.05) is 57.6 Å². The topological polar surface area (TPSA) is 0 Å². The minimum atomic E-state index is 0.698. The maximum absolute atomic E-state index is 12.0. The van der Waals surface area contributed by atoms with Crippen molar-refractivity contribution in [3.05, 3.63) is 35.4 Å². The van der Waals surface area contributed by atoms with E-state index < -0.39 is 0 Å². The average molecular weight is 300 g/mol. The molecule has 22 heavy (non-hydrogen) atoms. The van der Waals surface area contributed by atoms with Crippen LogP contribution >= 0.6 is 0 Å². The standard InChI is InChI=1S/C21H29F/c1-2-3-4-5-6-7-18-8-12-20(13-9-18)21-14-10-19(11-15-21)16-17-22/h10-11,14-15,18,20H,2-9,12-13H2,1H3/t18-,20-. The SMILES string of the molecule is CCCCCCC[C@H]1CC[C@H](c2ccc(C#CF)cc2)CC1. The van der Waals surface area contributed by atoms with Crippen LogP contribution in [0.25, 0.3) is 0 Å². The summed E-state index contributed by atoms with van der Waals surface area (Å²) in [5, 5.41) is 0. The molecule has 1 aromatic carbocycles. The third-order valence-corrected chi connectivity index (χ3v) is 5.14. The van der Waals surface area contributed by atoms with Gasteiger partial charge < -0.3 is 0 Å². The fraction of sp³-hybridized carbons (Fsp3) is 0.619. The van der Waals surface area contributed by atoms with Crippen LogP contribution in [-0.2, 0) is 0 Å². The molecule has 0 spiro atoms. The predicted molar refractivity (Wildman–Crippen MR) is 92.5 cm³/mol. The van der Waals surface area contributed by atoms with E-state index in [0.29, 0.717) is 5.92 Å². The summed E-state index contributed by atoms with van der Waals surface area (Å²) in [5.74, 6) is 4.12. The summed E-state index contributed by atoms with van der Waals surface area (Å²) in [5.41, 5.74) is 2.18. The molecule has 1 aliphatic carbocycles. The van der Waals surface area contributed by atoms with Crippen molar-refractivity contribution >= 4 is 0 Å². The van der Waals surface area contributed by atoms with E-state index in [0.717, 1.165) is 11.5 Å². The van der Waals surface area contributed by atoms with E-state index in [-0.39, 0.29) is 0 Å². The molecule has 2 rings (SSSR count). The first kappa shape index (κ1) is 17.1. The number of unbranched alkanes of at least 4 members (excludes halogenated alkanes) is 4. The molecule has 1 aromatic rings.